The zero-order chi connectivity index (χ0) is 23.0. The zero-order valence-corrected chi connectivity index (χ0v) is 19.0. The third-order valence-corrected chi connectivity index (χ3v) is 5.80. The molecule has 3 aromatic carbocycles. The van der Waals surface area contributed by atoms with Crippen LogP contribution in [0.5, 0.6) is 0 Å². The zero-order valence-electron chi connectivity index (χ0n) is 18.2. The van der Waals surface area contributed by atoms with Crippen LogP contribution in [0.1, 0.15) is 16.8 Å². The highest BCUT2D eigenvalue weighted by Crippen LogP contribution is 2.23. The summed E-state index contributed by atoms with van der Waals surface area (Å²) in [5, 5.41) is 11.4. The summed E-state index contributed by atoms with van der Waals surface area (Å²) in [6.45, 7) is 2.33. The van der Waals surface area contributed by atoms with Crippen LogP contribution in [0.3, 0.4) is 0 Å². The Morgan fingerprint density at radius 3 is 2.36 bits per heavy atom. The van der Waals surface area contributed by atoms with Crippen molar-refractivity contribution >= 4 is 34.6 Å². The van der Waals surface area contributed by atoms with Gasteiger partial charge < -0.3 is 16.0 Å². The number of aromatic nitrogens is 1. The Bertz CT molecular complexity index is 1250. The maximum atomic E-state index is 12.4. The number of anilines is 2. The van der Waals surface area contributed by atoms with Gasteiger partial charge in [0.25, 0.3) is 0 Å². The summed E-state index contributed by atoms with van der Waals surface area (Å²) in [4.78, 5) is 29.2. The Labute approximate surface area is 196 Å². The van der Waals surface area contributed by atoms with Gasteiger partial charge in [-0.25, -0.2) is 9.78 Å². The number of carbonyl (C=O) groups is 2. The third kappa shape index (κ3) is 6.51. The van der Waals surface area contributed by atoms with Gasteiger partial charge in [0.2, 0.25) is 5.91 Å². The first-order valence-electron chi connectivity index (χ1n) is 10.6. The summed E-state index contributed by atoms with van der Waals surface area (Å²) >= 11 is 1.53. The minimum atomic E-state index is -0.320. The van der Waals surface area contributed by atoms with E-state index in [1.807, 2.05) is 91.2 Å². The number of hydrogen-bond donors (Lipinski definition) is 3. The van der Waals surface area contributed by atoms with Crippen LogP contribution >= 0.6 is 11.3 Å². The van der Waals surface area contributed by atoms with Crippen molar-refractivity contribution in [2.24, 2.45) is 0 Å². The third-order valence-electron chi connectivity index (χ3n) is 4.86. The lowest BCUT2D eigenvalue weighted by molar-refractivity contribution is -0.120. The largest absolute Gasteiger partial charge is 0.352 e. The van der Waals surface area contributed by atoms with E-state index in [9.17, 15) is 9.59 Å². The van der Waals surface area contributed by atoms with Crippen LogP contribution in [0.25, 0.3) is 10.6 Å². The molecule has 0 fully saturated rings. The maximum Gasteiger partial charge on any atom is 0.323 e. The Morgan fingerprint density at radius 2 is 1.61 bits per heavy atom. The molecule has 0 saturated heterocycles. The topological polar surface area (TPSA) is 83.1 Å². The molecule has 3 N–H and O–H groups in total. The number of urea groups is 1. The van der Waals surface area contributed by atoms with E-state index in [0.717, 1.165) is 33.1 Å². The molecule has 0 spiro atoms. The fraction of sp³-hybridized carbons (Fsp3) is 0.115. The van der Waals surface area contributed by atoms with Crippen LogP contribution < -0.4 is 16.0 Å². The average molecular weight is 457 g/mol. The van der Waals surface area contributed by atoms with E-state index in [4.69, 9.17) is 0 Å². The van der Waals surface area contributed by atoms with Gasteiger partial charge in [-0.1, -0.05) is 54.6 Å². The first-order chi connectivity index (χ1) is 16.0. The minimum Gasteiger partial charge on any atom is -0.352 e. The number of nitrogens with one attached hydrogen (secondary N) is 3. The number of hydrogen-bond acceptors (Lipinski definition) is 4. The van der Waals surface area contributed by atoms with Gasteiger partial charge in [0, 0.05) is 28.9 Å². The number of benzene rings is 3. The second-order valence-electron chi connectivity index (χ2n) is 7.61. The summed E-state index contributed by atoms with van der Waals surface area (Å²) in [7, 11) is 0. The van der Waals surface area contributed by atoms with Gasteiger partial charge in [-0.15, -0.1) is 11.3 Å². The maximum absolute atomic E-state index is 12.4. The fourth-order valence-corrected chi connectivity index (χ4v) is 4.13. The lowest BCUT2D eigenvalue weighted by atomic mass is 10.2. The predicted octanol–water partition coefficient (Wildman–Crippen LogP) is 5.62. The Balaban J connectivity index is 1.28. The summed E-state index contributed by atoms with van der Waals surface area (Å²) < 4.78 is 0. The van der Waals surface area contributed by atoms with Gasteiger partial charge in [0.15, 0.2) is 0 Å². The van der Waals surface area contributed by atoms with Crippen molar-refractivity contribution in [1.29, 1.82) is 0 Å². The quantitative estimate of drug-likeness (QED) is 0.337. The van der Waals surface area contributed by atoms with Crippen LogP contribution in [0, 0.1) is 6.92 Å². The molecule has 0 saturated carbocycles. The molecule has 1 heterocycles. The fourth-order valence-electron chi connectivity index (χ4n) is 3.30. The van der Waals surface area contributed by atoms with Gasteiger partial charge in [-0.05, 0) is 42.3 Å². The average Bonchev–Trinajstić information content (AvgIpc) is 3.27. The van der Waals surface area contributed by atoms with Gasteiger partial charge in [0.05, 0.1) is 12.1 Å². The van der Waals surface area contributed by atoms with Gasteiger partial charge in [0.1, 0.15) is 5.01 Å². The second kappa shape index (κ2) is 10.6. The van der Waals surface area contributed by atoms with Crippen molar-refractivity contribution in [3.8, 4) is 10.6 Å². The molecule has 6 nitrogen and oxygen atoms in total. The van der Waals surface area contributed by atoms with Gasteiger partial charge >= 0.3 is 6.03 Å². The molecule has 0 atom stereocenters. The van der Waals surface area contributed by atoms with E-state index in [0.29, 0.717) is 12.2 Å². The van der Waals surface area contributed by atoms with Crippen LogP contribution in [0.2, 0.25) is 0 Å². The van der Waals surface area contributed by atoms with E-state index in [-0.39, 0.29) is 18.4 Å². The summed E-state index contributed by atoms with van der Waals surface area (Å²) in [5.41, 5.74) is 5.14. The van der Waals surface area contributed by atoms with Gasteiger partial charge in [-0.3, -0.25) is 4.79 Å². The molecule has 4 aromatic rings. The summed E-state index contributed by atoms with van der Waals surface area (Å²) in [5.74, 6) is -0.101. The van der Waals surface area contributed by atoms with Crippen LogP contribution in [0.15, 0.2) is 84.2 Å². The molecule has 0 bridgehead atoms. The van der Waals surface area contributed by atoms with Crippen LogP contribution in [0.4, 0.5) is 16.2 Å². The molecule has 0 radical (unpaired) electrons. The molecule has 4 rings (SSSR count). The monoisotopic (exact) mass is 456 g/mol. The van der Waals surface area contributed by atoms with E-state index >= 15 is 0 Å². The van der Waals surface area contributed by atoms with E-state index in [1.165, 1.54) is 11.3 Å². The number of carbonyl (C=O) groups excluding carboxylic acids is 2. The van der Waals surface area contributed by atoms with Crippen molar-refractivity contribution in [3.63, 3.8) is 0 Å². The summed E-state index contributed by atoms with van der Waals surface area (Å²) in [6, 6.07) is 24.6. The SMILES string of the molecule is Cc1cccc(NC(=O)Nc2cccc(CNC(=O)Cc3csc(-c4ccccc4)n3)c2)c1. The molecule has 0 aliphatic heterocycles. The van der Waals surface area contributed by atoms with Crippen molar-refractivity contribution in [1.82, 2.24) is 10.3 Å². The minimum absolute atomic E-state index is 0.101. The number of rotatable bonds is 7. The van der Waals surface area contributed by atoms with Crippen molar-refractivity contribution < 1.29 is 9.59 Å². The Hall–Kier alpha value is -3.97. The van der Waals surface area contributed by atoms with Crippen LogP contribution in [-0.2, 0) is 17.8 Å². The van der Waals surface area contributed by atoms with Gasteiger partial charge in [-0.2, -0.15) is 0 Å². The number of amides is 3. The Morgan fingerprint density at radius 1 is 0.879 bits per heavy atom. The number of thiazole rings is 1. The normalized spacial score (nSPS) is 10.5. The molecular weight excluding hydrogens is 432 g/mol. The molecule has 0 aliphatic rings. The number of aryl methyl sites for hydroxylation is 1. The molecule has 0 aliphatic carbocycles. The van der Waals surface area contributed by atoms with Crippen molar-refractivity contribution in [2.45, 2.75) is 19.9 Å². The smallest absolute Gasteiger partial charge is 0.323 e. The van der Waals surface area contributed by atoms with Crippen molar-refractivity contribution in [2.75, 3.05) is 10.6 Å². The van der Waals surface area contributed by atoms with Crippen molar-refractivity contribution in [3.05, 3.63) is 101 Å². The lowest BCUT2D eigenvalue weighted by Crippen LogP contribution is -2.25. The predicted molar refractivity (Wildman–Crippen MR) is 133 cm³/mol. The highest BCUT2D eigenvalue weighted by molar-refractivity contribution is 7.13. The van der Waals surface area contributed by atoms with E-state index in [1.54, 1.807) is 0 Å². The highest BCUT2D eigenvalue weighted by Gasteiger charge is 2.09. The number of nitrogens with zero attached hydrogens (tertiary/aromatic N) is 1. The molecular formula is C26H24N4O2S. The molecule has 33 heavy (non-hydrogen) atoms. The second-order valence-corrected chi connectivity index (χ2v) is 8.47. The highest BCUT2D eigenvalue weighted by atomic mass is 32.1. The molecule has 166 valence electrons. The molecule has 0 unspecified atom stereocenters. The standard InChI is InChI=1S/C26H24N4O2S/c1-18-7-5-11-21(13-18)29-26(32)30-22-12-6-8-19(14-22)16-27-24(31)15-23-17-33-25(28-23)20-9-3-2-4-10-20/h2-14,17H,15-16H2,1H3,(H,27,31)(H2,29,30,32). The van der Waals surface area contributed by atoms with Crippen LogP contribution in [-0.4, -0.2) is 16.9 Å². The van der Waals surface area contributed by atoms with E-state index in [2.05, 4.69) is 20.9 Å². The molecule has 3 amide bonds. The Kier molecular flexibility index (Phi) is 7.12. The lowest BCUT2D eigenvalue weighted by Gasteiger charge is -2.10. The van der Waals surface area contributed by atoms with E-state index < -0.39 is 0 Å². The first-order valence-corrected chi connectivity index (χ1v) is 11.4. The molecule has 7 heteroatoms. The first kappa shape index (κ1) is 22.2. The molecule has 1 aromatic heterocycles. The summed E-state index contributed by atoms with van der Waals surface area (Å²) in [6.07, 6.45) is 0.222.